The van der Waals surface area contributed by atoms with Crippen LogP contribution in [0.25, 0.3) is 21.9 Å². The van der Waals surface area contributed by atoms with Crippen LogP contribution in [0.1, 0.15) is 0 Å². The minimum atomic E-state index is -0.524. The topological polar surface area (TPSA) is 40.5 Å². The predicted octanol–water partition coefficient (Wildman–Crippen LogP) is 4.71. The van der Waals surface area contributed by atoms with Crippen LogP contribution < -0.4 is 0 Å². The van der Waals surface area contributed by atoms with Crippen LogP contribution in [0.5, 0.6) is 11.5 Å². The molecule has 3 aromatic carbocycles. The first-order valence-electron chi connectivity index (χ1n) is 5.96. The second-order valence-corrected chi connectivity index (χ2v) is 4.93. The van der Waals surface area contributed by atoms with Crippen molar-refractivity contribution in [3.8, 4) is 22.6 Å². The van der Waals surface area contributed by atoms with Crippen LogP contribution in [0.3, 0.4) is 0 Å². The zero-order chi connectivity index (χ0) is 14.3. The standard InChI is InChI=1S/C16H10ClFO2/c17-10-3-5-12(14(18)7-10)16-13-8-11(19)4-1-9(13)2-6-15(16)20/h1-8,19-20H. The molecular formula is C16H10ClFO2. The zero-order valence-electron chi connectivity index (χ0n) is 10.3. The highest BCUT2D eigenvalue weighted by Crippen LogP contribution is 2.39. The lowest BCUT2D eigenvalue weighted by Gasteiger charge is -2.11. The number of hydrogen-bond donors (Lipinski definition) is 2. The minimum Gasteiger partial charge on any atom is -0.508 e. The molecule has 0 fully saturated rings. The molecule has 0 atom stereocenters. The molecule has 2 N–H and O–H groups in total. The van der Waals surface area contributed by atoms with E-state index >= 15 is 0 Å². The van der Waals surface area contributed by atoms with E-state index in [1.54, 1.807) is 24.3 Å². The monoisotopic (exact) mass is 288 g/mol. The summed E-state index contributed by atoms with van der Waals surface area (Å²) in [5.74, 6) is -0.522. The van der Waals surface area contributed by atoms with Crippen LogP contribution in [0, 0.1) is 5.82 Å². The van der Waals surface area contributed by atoms with Crippen molar-refractivity contribution in [3.63, 3.8) is 0 Å². The lowest BCUT2D eigenvalue weighted by atomic mass is 9.96. The maximum absolute atomic E-state index is 14.1. The number of hydrogen-bond acceptors (Lipinski definition) is 2. The maximum atomic E-state index is 14.1. The molecule has 3 rings (SSSR count). The molecule has 0 amide bonds. The molecule has 0 heterocycles. The summed E-state index contributed by atoms with van der Waals surface area (Å²) in [4.78, 5) is 0. The van der Waals surface area contributed by atoms with Gasteiger partial charge in [0, 0.05) is 16.1 Å². The molecule has 0 saturated carbocycles. The molecule has 0 aromatic heterocycles. The average Bonchev–Trinajstić information content (AvgIpc) is 2.40. The number of benzene rings is 3. The Morgan fingerprint density at radius 3 is 2.40 bits per heavy atom. The van der Waals surface area contributed by atoms with Gasteiger partial charge >= 0.3 is 0 Å². The van der Waals surface area contributed by atoms with Crippen molar-refractivity contribution in [2.24, 2.45) is 0 Å². The Bertz CT molecular complexity index is 810. The van der Waals surface area contributed by atoms with Gasteiger partial charge in [0.25, 0.3) is 0 Å². The molecule has 100 valence electrons. The Morgan fingerprint density at radius 1 is 0.900 bits per heavy atom. The Hall–Kier alpha value is -2.26. The molecule has 0 aliphatic rings. The highest BCUT2D eigenvalue weighted by atomic mass is 35.5. The molecule has 0 aliphatic heterocycles. The third kappa shape index (κ3) is 2.06. The lowest BCUT2D eigenvalue weighted by molar-refractivity contribution is 0.475. The van der Waals surface area contributed by atoms with Gasteiger partial charge in [-0.05, 0) is 47.2 Å². The van der Waals surface area contributed by atoms with Crippen LogP contribution in [0.4, 0.5) is 4.39 Å². The molecule has 0 radical (unpaired) electrons. The second kappa shape index (κ2) is 4.69. The summed E-state index contributed by atoms with van der Waals surface area (Å²) in [6.45, 7) is 0. The molecule has 0 unspecified atom stereocenters. The highest BCUT2D eigenvalue weighted by Gasteiger charge is 2.14. The van der Waals surface area contributed by atoms with E-state index in [4.69, 9.17) is 11.6 Å². The van der Waals surface area contributed by atoms with Crippen molar-refractivity contribution in [1.29, 1.82) is 0 Å². The van der Waals surface area contributed by atoms with E-state index in [1.165, 1.54) is 24.3 Å². The van der Waals surface area contributed by atoms with E-state index < -0.39 is 5.82 Å². The zero-order valence-corrected chi connectivity index (χ0v) is 11.0. The minimum absolute atomic E-state index is 0.0516. The number of halogens is 2. The summed E-state index contributed by atoms with van der Waals surface area (Å²) in [6, 6.07) is 12.2. The third-order valence-corrected chi connectivity index (χ3v) is 3.42. The quantitative estimate of drug-likeness (QED) is 0.681. The fraction of sp³-hybridized carbons (Fsp3) is 0. The second-order valence-electron chi connectivity index (χ2n) is 4.49. The van der Waals surface area contributed by atoms with Gasteiger partial charge < -0.3 is 10.2 Å². The van der Waals surface area contributed by atoms with Crippen molar-refractivity contribution in [3.05, 3.63) is 59.4 Å². The van der Waals surface area contributed by atoms with Gasteiger partial charge in [0.05, 0.1) is 0 Å². The number of fused-ring (bicyclic) bond motifs is 1. The third-order valence-electron chi connectivity index (χ3n) is 3.18. The molecule has 0 spiro atoms. The van der Waals surface area contributed by atoms with Crippen LogP contribution in [0.15, 0.2) is 48.5 Å². The number of phenols is 2. The first-order valence-corrected chi connectivity index (χ1v) is 6.34. The molecule has 3 aromatic rings. The van der Waals surface area contributed by atoms with Gasteiger partial charge in [-0.15, -0.1) is 0 Å². The van der Waals surface area contributed by atoms with Crippen LogP contribution >= 0.6 is 11.6 Å². The van der Waals surface area contributed by atoms with Crippen LogP contribution in [0.2, 0.25) is 5.02 Å². The summed E-state index contributed by atoms with van der Waals surface area (Å²) in [7, 11) is 0. The Labute approximate surface area is 119 Å². The van der Waals surface area contributed by atoms with E-state index in [-0.39, 0.29) is 22.1 Å². The molecule has 2 nitrogen and oxygen atoms in total. The first-order chi connectivity index (χ1) is 9.56. The SMILES string of the molecule is Oc1ccc2ccc(O)c(-c3ccc(Cl)cc3F)c2c1. The normalized spacial score (nSPS) is 10.9. The van der Waals surface area contributed by atoms with Gasteiger partial charge in [-0.2, -0.15) is 0 Å². The van der Waals surface area contributed by atoms with Gasteiger partial charge in [0.15, 0.2) is 0 Å². The van der Waals surface area contributed by atoms with E-state index in [1.807, 2.05) is 0 Å². The number of phenolic OH excluding ortho intramolecular Hbond substituents is 2. The Kier molecular flexibility index (Phi) is 2.99. The van der Waals surface area contributed by atoms with Crippen LogP contribution in [-0.2, 0) is 0 Å². The Morgan fingerprint density at radius 2 is 1.65 bits per heavy atom. The van der Waals surface area contributed by atoms with Crippen molar-refractivity contribution in [1.82, 2.24) is 0 Å². The molecule has 0 bridgehead atoms. The molecule has 0 aliphatic carbocycles. The molecule has 20 heavy (non-hydrogen) atoms. The smallest absolute Gasteiger partial charge is 0.132 e. The lowest BCUT2D eigenvalue weighted by Crippen LogP contribution is -1.87. The van der Waals surface area contributed by atoms with Crippen molar-refractivity contribution < 1.29 is 14.6 Å². The number of rotatable bonds is 1. The Balaban J connectivity index is 2.40. The molecule has 0 saturated heterocycles. The highest BCUT2D eigenvalue weighted by molar-refractivity contribution is 6.30. The van der Waals surface area contributed by atoms with E-state index in [2.05, 4.69) is 0 Å². The van der Waals surface area contributed by atoms with Gasteiger partial charge in [0.2, 0.25) is 0 Å². The van der Waals surface area contributed by atoms with Gasteiger partial charge in [-0.1, -0.05) is 23.7 Å². The van der Waals surface area contributed by atoms with Crippen molar-refractivity contribution in [2.45, 2.75) is 0 Å². The van der Waals surface area contributed by atoms with Crippen molar-refractivity contribution >= 4 is 22.4 Å². The molecular weight excluding hydrogens is 279 g/mol. The fourth-order valence-corrected chi connectivity index (χ4v) is 2.43. The molecule has 4 heteroatoms. The van der Waals surface area contributed by atoms with Gasteiger partial charge in [-0.3, -0.25) is 0 Å². The summed E-state index contributed by atoms with van der Waals surface area (Å²) in [5.41, 5.74) is 0.579. The van der Waals surface area contributed by atoms with Gasteiger partial charge in [-0.25, -0.2) is 4.39 Å². The average molecular weight is 289 g/mol. The fourth-order valence-electron chi connectivity index (χ4n) is 2.27. The first kappa shape index (κ1) is 12.8. The van der Waals surface area contributed by atoms with Gasteiger partial charge in [0.1, 0.15) is 17.3 Å². The largest absolute Gasteiger partial charge is 0.508 e. The van der Waals surface area contributed by atoms with E-state index in [9.17, 15) is 14.6 Å². The van der Waals surface area contributed by atoms with E-state index in [0.29, 0.717) is 10.9 Å². The summed E-state index contributed by atoms with van der Waals surface area (Å²) in [6.07, 6.45) is 0. The summed E-state index contributed by atoms with van der Waals surface area (Å²) in [5, 5.41) is 21.3. The predicted molar refractivity (Wildman–Crippen MR) is 77.7 cm³/mol. The maximum Gasteiger partial charge on any atom is 0.132 e. The summed E-state index contributed by atoms with van der Waals surface area (Å²) >= 11 is 5.75. The van der Waals surface area contributed by atoms with Crippen molar-refractivity contribution in [2.75, 3.05) is 0 Å². The van der Waals surface area contributed by atoms with E-state index in [0.717, 1.165) is 5.39 Å². The number of aromatic hydroxyl groups is 2. The summed E-state index contributed by atoms with van der Waals surface area (Å²) < 4.78 is 14.1. The van der Waals surface area contributed by atoms with Crippen LogP contribution in [-0.4, -0.2) is 10.2 Å².